The van der Waals surface area contributed by atoms with Crippen molar-refractivity contribution in [1.82, 2.24) is 19.4 Å². The van der Waals surface area contributed by atoms with Gasteiger partial charge >= 0.3 is 0 Å². The number of rotatable bonds is 4. The number of hydrogen-bond acceptors (Lipinski definition) is 4. The van der Waals surface area contributed by atoms with Crippen LogP contribution < -0.4 is 5.49 Å². The molecule has 2 amide bonds. The fourth-order valence-electron chi connectivity index (χ4n) is 4.85. The van der Waals surface area contributed by atoms with Crippen LogP contribution in [0.3, 0.4) is 0 Å². The lowest BCUT2D eigenvalue weighted by atomic mass is 9.91. The summed E-state index contributed by atoms with van der Waals surface area (Å²) in [6.45, 7) is 5.33. The van der Waals surface area contributed by atoms with Gasteiger partial charge < -0.3 is 14.4 Å². The van der Waals surface area contributed by atoms with E-state index in [0.29, 0.717) is 11.4 Å². The molecule has 2 aliphatic rings. The van der Waals surface area contributed by atoms with Crippen molar-refractivity contribution in [2.45, 2.75) is 64.8 Å². The van der Waals surface area contributed by atoms with Gasteiger partial charge in [-0.1, -0.05) is 18.2 Å². The van der Waals surface area contributed by atoms with E-state index >= 15 is 4.39 Å². The summed E-state index contributed by atoms with van der Waals surface area (Å²) in [6.07, 6.45) is -3.10. The number of fused-ring (bicyclic) bond motifs is 1. The van der Waals surface area contributed by atoms with Gasteiger partial charge in [-0.15, -0.1) is 0 Å². The maximum absolute atomic E-state index is 15.7. The number of amides is 2. The van der Waals surface area contributed by atoms with E-state index in [1.54, 1.807) is 25.5 Å². The van der Waals surface area contributed by atoms with Gasteiger partial charge in [0.2, 0.25) is 5.91 Å². The molecule has 4 rings (SSSR count). The predicted octanol–water partition coefficient (Wildman–Crippen LogP) is 3.66. The highest BCUT2D eigenvalue weighted by atomic mass is 19.3. The number of piperidine rings is 1. The van der Waals surface area contributed by atoms with Crippen LogP contribution in [0.25, 0.3) is 0 Å². The van der Waals surface area contributed by atoms with Crippen LogP contribution in [0.1, 0.15) is 67.4 Å². The van der Waals surface area contributed by atoms with Crippen LogP contribution in [-0.4, -0.2) is 49.9 Å². The SMILES string of the molecule is CC(=O)N1CCC(F)(C(=O)N2Cc3c(n(C)c(C)n/c3=N\[C@H](C)c3cccc(C(F)F)c3F)C2)CC1. The lowest BCUT2D eigenvalue weighted by Gasteiger charge is -2.36. The van der Waals surface area contributed by atoms with E-state index in [-0.39, 0.29) is 56.0 Å². The molecule has 1 saturated heterocycles. The summed E-state index contributed by atoms with van der Waals surface area (Å²) in [6, 6.07) is 2.98. The van der Waals surface area contributed by atoms with Gasteiger partial charge in [0.1, 0.15) is 11.6 Å². The lowest BCUT2D eigenvalue weighted by Crippen LogP contribution is -2.52. The summed E-state index contributed by atoms with van der Waals surface area (Å²) < 4.78 is 58.5. The summed E-state index contributed by atoms with van der Waals surface area (Å²) in [7, 11) is 1.78. The highest BCUT2D eigenvalue weighted by Crippen LogP contribution is 2.33. The number of likely N-dealkylation sites (tertiary alicyclic amines) is 1. The Hall–Kier alpha value is -3.24. The van der Waals surface area contributed by atoms with Crippen LogP contribution >= 0.6 is 0 Å². The number of carbonyl (C=O) groups is 2. The average molecular weight is 508 g/mol. The summed E-state index contributed by atoms with van der Waals surface area (Å²) in [5.41, 5.74) is -1.14. The van der Waals surface area contributed by atoms with E-state index in [2.05, 4.69) is 9.98 Å². The fraction of sp³-hybridized carbons (Fsp3) is 0.520. The van der Waals surface area contributed by atoms with Crippen molar-refractivity contribution in [3.63, 3.8) is 0 Å². The second-order valence-corrected chi connectivity index (χ2v) is 9.46. The molecule has 2 aromatic rings. The van der Waals surface area contributed by atoms with E-state index < -0.39 is 35.4 Å². The van der Waals surface area contributed by atoms with Crippen molar-refractivity contribution in [2.75, 3.05) is 13.1 Å². The molecule has 36 heavy (non-hydrogen) atoms. The number of alkyl halides is 3. The quantitative estimate of drug-likeness (QED) is 0.594. The Balaban J connectivity index is 1.64. The Morgan fingerprint density at radius 3 is 2.36 bits per heavy atom. The van der Waals surface area contributed by atoms with E-state index in [0.717, 1.165) is 11.8 Å². The molecule has 3 heterocycles. The first-order valence-corrected chi connectivity index (χ1v) is 11.8. The zero-order valence-electron chi connectivity index (χ0n) is 20.7. The third-order valence-electron chi connectivity index (χ3n) is 7.20. The molecule has 0 saturated carbocycles. The number of halogens is 4. The normalized spacial score (nSPS) is 18.5. The van der Waals surface area contributed by atoms with E-state index in [1.807, 2.05) is 0 Å². The number of carbonyl (C=O) groups excluding carboxylic acids is 2. The third-order valence-corrected chi connectivity index (χ3v) is 7.20. The molecule has 1 aromatic carbocycles. The molecular formula is C25H29F4N5O2. The zero-order chi connectivity index (χ0) is 26.4. The Morgan fingerprint density at radius 2 is 1.75 bits per heavy atom. The van der Waals surface area contributed by atoms with Crippen molar-refractivity contribution in [3.05, 3.63) is 57.7 Å². The van der Waals surface area contributed by atoms with Crippen LogP contribution in [0.4, 0.5) is 17.6 Å². The van der Waals surface area contributed by atoms with Gasteiger partial charge in [0.05, 0.1) is 24.7 Å². The predicted molar refractivity (Wildman–Crippen MR) is 123 cm³/mol. The molecule has 11 heteroatoms. The first-order chi connectivity index (χ1) is 16.9. The molecule has 2 aliphatic heterocycles. The highest BCUT2D eigenvalue weighted by Gasteiger charge is 2.46. The van der Waals surface area contributed by atoms with Gasteiger partial charge in [0, 0.05) is 56.7 Å². The van der Waals surface area contributed by atoms with E-state index in [1.165, 1.54) is 28.9 Å². The molecule has 1 aromatic heterocycles. The van der Waals surface area contributed by atoms with Crippen molar-refractivity contribution in [3.8, 4) is 0 Å². The van der Waals surface area contributed by atoms with Crippen molar-refractivity contribution >= 4 is 11.8 Å². The van der Waals surface area contributed by atoms with Crippen molar-refractivity contribution < 1.29 is 27.2 Å². The fourth-order valence-corrected chi connectivity index (χ4v) is 4.85. The highest BCUT2D eigenvalue weighted by molar-refractivity contribution is 5.86. The maximum atomic E-state index is 15.7. The molecule has 1 atom stereocenters. The van der Waals surface area contributed by atoms with Gasteiger partial charge in [-0.05, 0) is 13.8 Å². The smallest absolute Gasteiger partial charge is 0.266 e. The van der Waals surface area contributed by atoms with Crippen molar-refractivity contribution in [2.24, 2.45) is 12.0 Å². The summed E-state index contributed by atoms with van der Waals surface area (Å²) in [5, 5.41) is 0. The van der Waals surface area contributed by atoms with Gasteiger partial charge in [0.15, 0.2) is 11.2 Å². The van der Waals surface area contributed by atoms with Crippen LogP contribution in [0.15, 0.2) is 23.2 Å². The molecule has 1 fully saturated rings. The molecule has 0 N–H and O–H groups in total. The Kier molecular flexibility index (Phi) is 6.94. The van der Waals surface area contributed by atoms with Crippen LogP contribution in [0.5, 0.6) is 0 Å². The first kappa shape index (κ1) is 25.8. The topological polar surface area (TPSA) is 70.8 Å². The first-order valence-electron chi connectivity index (χ1n) is 11.8. The number of aryl methyl sites for hydroxylation is 1. The van der Waals surface area contributed by atoms with Gasteiger partial charge in [0.25, 0.3) is 12.3 Å². The number of hydrogen-bond donors (Lipinski definition) is 0. The Morgan fingerprint density at radius 1 is 1.11 bits per heavy atom. The molecule has 0 radical (unpaired) electrons. The number of nitrogens with zero attached hydrogens (tertiary/aromatic N) is 5. The van der Waals surface area contributed by atoms with Crippen molar-refractivity contribution in [1.29, 1.82) is 0 Å². The number of benzene rings is 1. The van der Waals surface area contributed by atoms with Crippen LogP contribution in [0.2, 0.25) is 0 Å². The minimum Gasteiger partial charge on any atom is -0.343 e. The molecule has 7 nitrogen and oxygen atoms in total. The third kappa shape index (κ3) is 4.62. The van der Waals surface area contributed by atoms with Crippen LogP contribution in [0, 0.1) is 12.7 Å². The Labute approximate surface area is 206 Å². The summed E-state index contributed by atoms with van der Waals surface area (Å²) in [4.78, 5) is 36.8. The van der Waals surface area contributed by atoms with E-state index in [4.69, 9.17) is 0 Å². The summed E-state index contributed by atoms with van der Waals surface area (Å²) in [5.74, 6) is -1.22. The molecule has 0 aliphatic carbocycles. The van der Waals surface area contributed by atoms with Gasteiger partial charge in [-0.3, -0.25) is 14.6 Å². The largest absolute Gasteiger partial charge is 0.343 e. The molecule has 0 unspecified atom stereocenters. The van der Waals surface area contributed by atoms with Gasteiger partial charge in [-0.2, -0.15) is 0 Å². The second kappa shape index (κ2) is 9.67. The molecule has 194 valence electrons. The van der Waals surface area contributed by atoms with Crippen LogP contribution in [-0.2, 0) is 29.7 Å². The summed E-state index contributed by atoms with van der Waals surface area (Å²) >= 11 is 0. The molecule has 0 bridgehead atoms. The molecular weight excluding hydrogens is 478 g/mol. The molecule has 0 spiro atoms. The second-order valence-electron chi connectivity index (χ2n) is 9.46. The average Bonchev–Trinajstić information content (AvgIpc) is 3.28. The zero-order valence-corrected chi connectivity index (χ0v) is 20.7. The van der Waals surface area contributed by atoms with E-state index in [9.17, 15) is 22.8 Å². The van der Waals surface area contributed by atoms with Gasteiger partial charge in [-0.25, -0.2) is 22.5 Å². The maximum Gasteiger partial charge on any atom is 0.266 e. The minimum atomic E-state index is -2.95. The minimum absolute atomic E-state index is 0.0140. The Bertz CT molecular complexity index is 1270. The monoisotopic (exact) mass is 507 g/mol. The lowest BCUT2D eigenvalue weighted by molar-refractivity contribution is -0.150. The standard InChI is InChI=1S/C25H29F4N5O2/c1-14(17-6-5-7-18(21(17)26)22(27)28)30-23-19-12-34(13-20(19)32(4)15(2)31-23)24(36)25(29)8-10-33(11-9-25)16(3)35/h5-7,14,22H,8-13H2,1-4H3/b30-23-/t14-/m1/s1. The number of aromatic nitrogens is 2.